The Hall–Kier alpha value is -2.64. The molecule has 0 unspecified atom stereocenters. The summed E-state index contributed by atoms with van der Waals surface area (Å²) in [4.78, 5) is 0. The molecule has 0 fully saturated rings. The first-order valence-corrected chi connectivity index (χ1v) is 5.71. The van der Waals surface area contributed by atoms with E-state index in [-0.39, 0.29) is 17.4 Å². The van der Waals surface area contributed by atoms with Crippen molar-refractivity contribution in [1.29, 1.82) is 16.2 Å². The van der Waals surface area contributed by atoms with Crippen molar-refractivity contribution in [2.75, 3.05) is 0 Å². The fourth-order valence-corrected chi connectivity index (χ4v) is 1.30. The van der Waals surface area contributed by atoms with Gasteiger partial charge in [0.25, 0.3) is 0 Å². The maximum absolute atomic E-state index is 12.5. The topological polar surface area (TPSA) is 92.8 Å². The van der Waals surface area contributed by atoms with Crippen LogP contribution in [0.3, 0.4) is 0 Å². The van der Waals surface area contributed by atoms with Crippen molar-refractivity contribution in [2.45, 2.75) is 13.1 Å². The van der Waals surface area contributed by atoms with Gasteiger partial charge >= 0.3 is 6.18 Å². The third-order valence-electron chi connectivity index (χ3n) is 2.11. The number of amidine groups is 2. The van der Waals surface area contributed by atoms with Gasteiger partial charge in [0.1, 0.15) is 11.6 Å². The van der Waals surface area contributed by atoms with Crippen molar-refractivity contribution in [3.05, 3.63) is 42.0 Å². The minimum absolute atomic E-state index is 0.0509. The summed E-state index contributed by atoms with van der Waals surface area (Å²) >= 11 is 0. The summed E-state index contributed by atoms with van der Waals surface area (Å²) in [5.41, 5.74) is -0.870. The maximum atomic E-state index is 12.5. The van der Waals surface area contributed by atoms with Gasteiger partial charge in [0.2, 0.25) is 5.90 Å². The highest BCUT2D eigenvalue weighted by Crippen LogP contribution is 2.31. The SMILES string of the molecule is CC(=N)NC(=N)/C=C\C(=N)Oc1cccc(C(F)(F)F)c1. The normalized spacial score (nSPS) is 11.2. The summed E-state index contributed by atoms with van der Waals surface area (Å²) in [5.74, 6) is -0.638. The van der Waals surface area contributed by atoms with Crippen LogP contribution in [0.25, 0.3) is 0 Å². The summed E-state index contributed by atoms with van der Waals surface area (Å²) in [6.45, 7) is 1.44. The van der Waals surface area contributed by atoms with Crippen molar-refractivity contribution < 1.29 is 17.9 Å². The minimum Gasteiger partial charge on any atom is -0.440 e. The largest absolute Gasteiger partial charge is 0.440 e. The van der Waals surface area contributed by atoms with Crippen LogP contribution in [0.2, 0.25) is 0 Å². The molecule has 21 heavy (non-hydrogen) atoms. The van der Waals surface area contributed by atoms with Gasteiger partial charge in [-0.2, -0.15) is 13.2 Å². The molecule has 0 aromatic heterocycles. The van der Waals surface area contributed by atoms with Crippen LogP contribution in [0, 0.1) is 16.2 Å². The van der Waals surface area contributed by atoms with Crippen LogP contribution in [0.15, 0.2) is 36.4 Å². The molecule has 0 aliphatic carbocycles. The summed E-state index contributed by atoms with van der Waals surface area (Å²) in [7, 11) is 0. The van der Waals surface area contributed by atoms with Gasteiger partial charge in [-0.25, -0.2) is 0 Å². The molecular weight excluding hydrogens is 285 g/mol. The second-order valence-corrected chi connectivity index (χ2v) is 3.99. The van der Waals surface area contributed by atoms with Crippen molar-refractivity contribution in [1.82, 2.24) is 5.32 Å². The van der Waals surface area contributed by atoms with Crippen molar-refractivity contribution in [3.63, 3.8) is 0 Å². The van der Waals surface area contributed by atoms with E-state index in [1.54, 1.807) is 0 Å². The van der Waals surface area contributed by atoms with Crippen LogP contribution in [-0.4, -0.2) is 17.6 Å². The van der Waals surface area contributed by atoms with E-state index in [1.165, 1.54) is 19.1 Å². The third-order valence-corrected chi connectivity index (χ3v) is 2.11. The smallest absolute Gasteiger partial charge is 0.416 e. The van der Waals surface area contributed by atoms with Crippen LogP contribution in [0.4, 0.5) is 13.2 Å². The Balaban J connectivity index is 2.69. The Morgan fingerprint density at radius 1 is 1.19 bits per heavy atom. The molecule has 8 heteroatoms. The average molecular weight is 298 g/mol. The Labute approximate surface area is 119 Å². The van der Waals surface area contributed by atoms with Crippen LogP contribution in [0.1, 0.15) is 12.5 Å². The second kappa shape index (κ2) is 6.69. The number of alkyl halides is 3. The Bertz CT molecular complexity index is 593. The molecule has 4 N–H and O–H groups in total. The van der Waals surface area contributed by atoms with Crippen molar-refractivity contribution >= 4 is 17.6 Å². The van der Waals surface area contributed by atoms with E-state index in [4.69, 9.17) is 21.0 Å². The molecule has 112 valence electrons. The minimum atomic E-state index is -4.48. The molecule has 1 rings (SSSR count). The summed E-state index contributed by atoms with van der Waals surface area (Å²) in [6, 6.07) is 4.16. The van der Waals surface area contributed by atoms with E-state index < -0.39 is 17.6 Å². The molecule has 0 heterocycles. The molecule has 0 bridgehead atoms. The van der Waals surface area contributed by atoms with Gasteiger partial charge in [-0.1, -0.05) is 6.07 Å². The van der Waals surface area contributed by atoms with Crippen molar-refractivity contribution in [2.24, 2.45) is 0 Å². The van der Waals surface area contributed by atoms with E-state index in [2.05, 4.69) is 5.32 Å². The molecule has 0 aliphatic heterocycles. The van der Waals surface area contributed by atoms with E-state index >= 15 is 0 Å². The van der Waals surface area contributed by atoms with E-state index in [9.17, 15) is 13.2 Å². The first-order valence-electron chi connectivity index (χ1n) is 5.71. The molecular formula is C13H13F3N4O. The fourth-order valence-electron chi connectivity index (χ4n) is 1.30. The lowest BCUT2D eigenvalue weighted by Gasteiger charge is -2.09. The molecule has 5 nitrogen and oxygen atoms in total. The Kier molecular flexibility index (Phi) is 5.23. The number of hydrogen-bond donors (Lipinski definition) is 4. The predicted molar refractivity (Wildman–Crippen MR) is 73.2 cm³/mol. The number of nitrogens with one attached hydrogen (secondary N) is 4. The molecule has 0 atom stereocenters. The van der Waals surface area contributed by atoms with Gasteiger partial charge < -0.3 is 10.1 Å². The lowest BCUT2D eigenvalue weighted by Crippen LogP contribution is -2.25. The number of rotatable bonds is 3. The highest BCUT2D eigenvalue weighted by atomic mass is 19.4. The molecule has 0 spiro atoms. The zero-order chi connectivity index (χ0) is 16.0. The Morgan fingerprint density at radius 2 is 1.86 bits per heavy atom. The van der Waals surface area contributed by atoms with Crippen LogP contribution >= 0.6 is 0 Å². The Morgan fingerprint density at radius 3 is 2.43 bits per heavy atom. The first kappa shape index (κ1) is 16.4. The van der Waals surface area contributed by atoms with E-state index in [0.717, 1.165) is 24.3 Å². The first-order chi connectivity index (χ1) is 9.68. The van der Waals surface area contributed by atoms with Crippen LogP contribution in [-0.2, 0) is 6.18 Å². The van der Waals surface area contributed by atoms with Crippen molar-refractivity contribution in [3.8, 4) is 5.75 Å². The number of halogens is 3. The maximum Gasteiger partial charge on any atom is 0.416 e. The van der Waals surface area contributed by atoms with Gasteiger partial charge in [0.15, 0.2) is 0 Å². The molecule has 1 aromatic carbocycles. The molecule has 0 saturated heterocycles. The van der Waals surface area contributed by atoms with Gasteiger partial charge in [-0.15, -0.1) is 0 Å². The monoisotopic (exact) mass is 298 g/mol. The molecule has 0 amide bonds. The predicted octanol–water partition coefficient (Wildman–Crippen LogP) is 3.18. The third kappa shape index (κ3) is 5.89. The van der Waals surface area contributed by atoms with Gasteiger partial charge in [-0.3, -0.25) is 16.2 Å². The summed E-state index contributed by atoms with van der Waals surface area (Å²) in [6.07, 6.45) is -2.22. The lowest BCUT2D eigenvalue weighted by molar-refractivity contribution is -0.137. The fraction of sp³-hybridized carbons (Fsp3) is 0.154. The second-order valence-electron chi connectivity index (χ2n) is 3.99. The molecule has 0 aliphatic rings. The number of benzene rings is 1. The standard InChI is InChI=1S/C13H13F3N4O/c1-8(17)20-11(18)5-6-12(19)21-10-4-2-3-9(7-10)13(14,15)16/h2-7,19H,1H3,(H3,17,18,20)/b6-5-,19-12?. The zero-order valence-electron chi connectivity index (χ0n) is 11.0. The number of hydrogen-bond acceptors (Lipinski definition) is 4. The summed E-state index contributed by atoms with van der Waals surface area (Å²) in [5, 5.41) is 24.3. The van der Waals surface area contributed by atoms with Crippen LogP contribution in [0.5, 0.6) is 5.75 Å². The lowest BCUT2D eigenvalue weighted by atomic mass is 10.2. The van der Waals surface area contributed by atoms with Gasteiger partial charge in [0.05, 0.1) is 11.4 Å². The quantitative estimate of drug-likeness (QED) is 0.509. The molecule has 0 radical (unpaired) electrons. The van der Waals surface area contributed by atoms with Gasteiger partial charge in [-0.05, 0) is 31.2 Å². The highest BCUT2D eigenvalue weighted by Gasteiger charge is 2.30. The zero-order valence-corrected chi connectivity index (χ0v) is 11.0. The molecule has 1 aromatic rings. The number of ether oxygens (including phenoxy) is 1. The van der Waals surface area contributed by atoms with E-state index in [0.29, 0.717) is 0 Å². The summed E-state index contributed by atoms with van der Waals surface area (Å²) < 4.78 is 42.4. The van der Waals surface area contributed by atoms with Crippen LogP contribution < -0.4 is 10.1 Å². The highest BCUT2D eigenvalue weighted by molar-refractivity contribution is 6.05. The van der Waals surface area contributed by atoms with E-state index in [1.807, 2.05) is 0 Å². The average Bonchev–Trinajstić information content (AvgIpc) is 2.35. The molecule has 0 saturated carbocycles. The van der Waals surface area contributed by atoms with Gasteiger partial charge in [0, 0.05) is 6.08 Å².